The van der Waals surface area contributed by atoms with Crippen LogP contribution in [0.2, 0.25) is 0 Å². The van der Waals surface area contributed by atoms with Gasteiger partial charge in [-0.2, -0.15) is 0 Å². The molecule has 1 aliphatic rings. The minimum atomic E-state index is -1.21. The van der Waals surface area contributed by atoms with Crippen LogP contribution in [0.15, 0.2) is 54.7 Å². The number of nitrogens with two attached hydrogens (primary N) is 1. The number of carboxylic acid groups (broad SMARTS) is 1. The van der Waals surface area contributed by atoms with E-state index in [9.17, 15) is 29.4 Å². The number of benzene rings is 2. The number of phenols is 1. The summed E-state index contributed by atoms with van der Waals surface area (Å²) >= 11 is 0. The molecular weight excluding hydrogens is 538 g/mol. The first kappa shape index (κ1) is 30.6. The summed E-state index contributed by atoms with van der Waals surface area (Å²) in [5, 5.41) is 25.7. The molecule has 0 bridgehead atoms. The first-order valence-corrected chi connectivity index (χ1v) is 14.3. The number of phenolic OH excluding ortho intramolecular Hbond substituents is 1. The largest absolute Gasteiger partial charge is 0.508 e. The molecule has 5 atom stereocenters. The molecule has 0 aliphatic carbocycles. The topological polar surface area (TPSA) is 178 Å². The van der Waals surface area contributed by atoms with Crippen LogP contribution in [0, 0.1) is 5.92 Å². The average Bonchev–Trinajstić information content (AvgIpc) is 3.63. The maximum atomic E-state index is 13.5. The number of aromatic amines is 1. The van der Waals surface area contributed by atoms with Crippen molar-refractivity contribution in [3.05, 3.63) is 65.9 Å². The zero-order valence-corrected chi connectivity index (χ0v) is 23.9. The Labute approximate surface area is 244 Å². The van der Waals surface area contributed by atoms with Crippen LogP contribution in [-0.2, 0) is 32.0 Å². The first-order valence-electron chi connectivity index (χ1n) is 14.3. The summed E-state index contributed by atoms with van der Waals surface area (Å²) in [7, 11) is 0. The first-order chi connectivity index (χ1) is 20.1. The van der Waals surface area contributed by atoms with E-state index in [1.165, 1.54) is 17.0 Å². The highest BCUT2D eigenvalue weighted by molar-refractivity contribution is 5.95. The molecule has 1 aromatic heterocycles. The second-order valence-electron chi connectivity index (χ2n) is 11.0. The molecule has 0 saturated carbocycles. The second kappa shape index (κ2) is 13.5. The summed E-state index contributed by atoms with van der Waals surface area (Å²) in [4.78, 5) is 56.8. The van der Waals surface area contributed by atoms with E-state index in [1.807, 2.05) is 38.1 Å². The number of hydrogen-bond donors (Lipinski definition) is 6. The highest BCUT2D eigenvalue weighted by Gasteiger charge is 2.39. The third kappa shape index (κ3) is 7.09. The number of carbonyl (C=O) groups excluding carboxylic acids is 3. The van der Waals surface area contributed by atoms with Crippen LogP contribution in [-0.4, -0.2) is 74.5 Å². The molecule has 4 rings (SSSR count). The number of rotatable bonds is 12. The number of aromatic hydroxyl groups is 1. The van der Waals surface area contributed by atoms with Gasteiger partial charge in [0.25, 0.3) is 0 Å². The molecule has 0 radical (unpaired) electrons. The van der Waals surface area contributed by atoms with Crippen molar-refractivity contribution in [3.8, 4) is 5.75 Å². The van der Waals surface area contributed by atoms with Gasteiger partial charge in [-0.1, -0.05) is 50.6 Å². The maximum absolute atomic E-state index is 13.5. The molecule has 2 aromatic carbocycles. The normalized spacial score (nSPS) is 17.8. The lowest BCUT2D eigenvalue weighted by Crippen LogP contribution is -2.58. The second-order valence-corrected chi connectivity index (χ2v) is 11.0. The van der Waals surface area contributed by atoms with Crippen LogP contribution in [0.3, 0.4) is 0 Å². The molecule has 1 fully saturated rings. The van der Waals surface area contributed by atoms with Crippen LogP contribution in [0.4, 0.5) is 0 Å². The summed E-state index contributed by atoms with van der Waals surface area (Å²) in [5.41, 5.74) is 8.62. The zero-order valence-electron chi connectivity index (χ0n) is 23.9. The maximum Gasteiger partial charge on any atom is 0.326 e. The lowest BCUT2D eigenvalue weighted by atomic mass is 9.96. The number of carboxylic acids is 1. The van der Waals surface area contributed by atoms with Gasteiger partial charge in [0.15, 0.2) is 0 Å². The number of nitrogens with one attached hydrogen (secondary N) is 3. The van der Waals surface area contributed by atoms with E-state index in [0.29, 0.717) is 25.8 Å². The van der Waals surface area contributed by atoms with E-state index >= 15 is 0 Å². The predicted octanol–water partition coefficient (Wildman–Crippen LogP) is 2.08. The van der Waals surface area contributed by atoms with E-state index in [2.05, 4.69) is 15.6 Å². The van der Waals surface area contributed by atoms with Gasteiger partial charge >= 0.3 is 5.97 Å². The van der Waals surface area contributed by atoms with E-state index in [1.54, 1.807) is 18.3 Å². The minimum Gasteiger partial charge on any atom is -0.508 e. The van der Waals surface area contributed by atoms with Crippen LogP contribution in [0.5, 0.6) is 5.75 Å². The number of likely N-dealkylation sites (tertiary alicyclic amines) is 1. The summed E-state index contributed by atoms with van der Waals surface area (Å²) < 4.78 is 0. The van der Waals surface area contributed by atoms with Gasteiger partial charge in [0, 0.05) is 30.1 Å². The van der Waals surface area contributed by atoms with Crippen molar-refractivity contribution in [1.82, 2.24) is 20.5 Å². The number of nitrogens with zero attached hydrogens (tertiary/aromatic N) is 1. The van der Waals surface area contributed by atoms with Gasteiger partial charge in [-0.15, -0.1) is 0 Å². The Balaban J connectivity index is 1.43. The third-order valence-electron chi connectivity index (χ3n) is 8.05. The number of aliphatic carboxylic acids is 1. The fourth-order valence-corrected chi connectivity index (χ4v) is 5.42. The molecule has 1 aliphatic heterocycles. The number of carbonyl (C=O) groups is 4. The molecule has 224 valence electrons. The van der Waals surface area contributed by atoms with Crippen molar-refractivity contribution < 1.29 is 29.4 Å². The molecule has 3 aromatic rings. The van der Waals surface area contributed by atoms with Crippen LogP contribution in [0.25, 0.3) is 10.9 Å². The van der Waals surface area contributed by atoms with Crippen molar-refractivity contribution in [2.45, 2.75) is 70.1 Å². The number of H-pyrrole nitrogens is 1. The van der Waals surface area contributed by atoms with E-state index in [4.69, 9.17) is 5.73 Å². The molecule has 2 heterocycles. The van der Waals surface area contributed by atoms with Gasteiger partial charge in [0.05, 0.1) is 6.04 Å². The predicted molar refractivity (Wildman–Crippen MR) is 157 cm³/mol. The number of para-hydroxylation sites is 1. The van der Waals surface area contributed by atoms with Crippen molar-refractivity contribution in [2.24, 2.45) is 11.7 Å². The molecule has 0 spiro atoms. The lowest BCUT2D eigenvalue weighted by Gasteiger charge is -2.30. The molecule has 42 heavy (non-hydrogen) atoms. The number of amides is 3. The van der Waals surface area contributed by atoms with Gasteiger partial charge in [0.1, 0.15) is 23.9 Å². The van der Waals surface area contributed by atoms with Crippen molar-refractivity contribution in [3.63, 3.8) is 0 Å². The fourth-order valence-electron chi connectivity index (χ4n) is 5.42. The van der Waals surface area contributed by atoms with Gasteiger partial charge < -0.3 is 36.5 Å². The van der Waals surface area contributed by atoms with E-state index in [-0.39, 0.29) is 30.4 Å². The van der Waals surface area contributed by atoms with E-state index in [0.717, 1.165) is 22.0 Å². The Bertz CT molecular complexity index is 1420. The lowest BCUT2D eigenvalue weighted by molar-refractivity contribution is -0.143. The average molecular weight is 578 g/mol. The SMILES string of the molecule is CCC(C)C(NC(=O)C1CCCN1C(=O)C(N)Cc1ccc(O)cc1)C(=O)NC(Cc1c[nH]c2ccccc12)C(=O)O. The van der Waals surface area contributed by atoms with E-state index < -0.39 is 42.0 Å². The Hall–Kier alpha value is -4.38. The van der Waals surface area contributed by atoms with Crippen LogP contribution >= 0.6 is 0 Å². The molecule has 11 heteroatoms. The van der Waals surface area contributed by atoms with Gasteiger partial charge in [-0.25, -0.2) is 4.79 Å². The molecule has 11 nitrogen and oxygen atoms in total. The molecule has 1 saturated heterocycles. The highest BCUT2D eigenvalue weighted by atomic mass is 16.4. The highest BCUT2D eigenvalue weighted by Crippen LogP contribution is 2.22. The summed E-state index contributed by atoms with van der Waals surface area (Å²) in [6.45, 7) is 4.06. The number of fused-ring (bicyclic) bond motifs is 1. The van der Waals surface area contributed by atoms with Crippen molar-refractivity contribution in [1.29, 1.82) is 0 Å². The number of hydrogen-bond acceptors (Lipinski definition) is 6. The number of aromatic nitrogens is 1. The fraction of sp³-hybridized carbons (Fsp3) is 0.419. The Morgan fingerprint density at radius 2 is 1.79 bits per heavy atom. The summed E-state index contributed by atoms with van der Waals surface area (Å²) in [6, 6.07) is 10.1. The summed E-state index contributed by atoms with van der Waals surface area (Å²) in [5.74, 6) is -2.79. The molecule has 7 N–H and O–H groups in total. The molecule has 5 unspecified atom stereocenters. The summed E-state index contributed by atoms with van der Waals surface area (Å²) in [6.07, 6.45) is 3.64. The van der Waals surface area contributed by atoms with Crippen LogP contribution < -0.4 is 16.4 Å². The van der Waals surface area contributed by atoms with Crippen molar-refractivity contribution in [2.75, 3.05) is 6.54 Å². The standard InChI is InChI=1S/C31H39N5O6/c1-3-18(2)27(29(39)34-25(31(41)42)16-20-17-33-24-8-5-4-7-22(20)24)35-28(38)26-9-6-14-36(26)30(40)23(32)15-19-10-12-21(37)13-11-19/h4-5,7-8,10-13,17-18,23,25-27,33,37H,3,6,9,14-16,32H2,1-2H3,(H,34,39)(H,35,38)(H,41,42). The zero-order chi connectivity index (χ0) is 30.4. The molecule has 3 amide bonds. The Kier molecular flexibility index (Phi) is 9.84. The smallest absolute Gasteiger partial charge is 0.326 e. The quantitative estimate of drug-likeness (QED) is 0.191. The monoisotopic (exact) mass is 577 g/mol. The van der Waals surface area contributed by atoms with Crippen molar-refractivity contribution >= 4 is 34.6 Å². The Morgan fingerprint density at radius 3 is 2.48 bits per heavy atom. The minimum absolute atomic E-state index is 0.0656. The van der Waals surface area contributed by atoms with Gasteiger partial charge in [0.2, 0.25) is 17.7 Å². The van der Waals surface area contributed by atoms with Gasteiger partial charge in [-0.05, 0) is 54.5 Å². The third-order valence-corrected chi connectivity index (χ3v) is 8.05. The van der Waals surface area contributed by atoms with Crippen LogP contribution in [0.1, 0.15) is 44.2 Å². The van der Waals surface area contributed by atoms with Gasteiger partial charge in [-0.3, -0.25) is 14.4 Å². The molecular formula is C31H39N5O6. The Morgan fingerprint density at radius 1 is 1.07 bits per heavy atom.